The molecule has 1 aliphatic rings. The van der Waals surface area contributed by atoms with E-state index in [-0.39, 0.29) is 23.8 Å². The van der Waals surface area contributed by atoms with Crippen LogP contribution in [0.3, 0.4) is 0 Å². The number of hydrogen-bond acceptors (Lipinski definition) is 4. The summed E-state index contributed by atoms with van der Waals surface area (Å²) in [5.41, 5.74) is -0.384. The van der Waals surface area contributed by atoms with E-state index in [1.165, 1.54) is 0 Å². The van der Waals surface area contributed by atoms with Gasteiger partial charge in [-0.15, -0.1) is 6.58 Å². The predicted molar refractivity (Wildman–Crippen MR) is 106 cm³/mol. The van der Waals surface area contributed by atoms with Gasteiger partial charge >= 0.3 is 5.97 Å². The van der Waals surface area contributed by atoms with E-state index in [1.54, 1.807) is 0 Å². The largest absolute Gasteiger partial charge is 0.460 e. The lowest BCUT2D eigenvalue weighted by Crippen LogP contribution is -2.44. The molecule has 1 saturated heterocycles. The molecule has 4 heteroatoms. The predicted octanol–water partition coefficient (Wildman–Crippen LogP) is 5.79. The molecule has 0 aromatic heterocycles. The van der Waals surface area contributed by atoms with Crippen molar-refractivity contribution in [2.75, 3.05) is 0 Å². The molecule has 0 saturated carbocycles. The van der Waals surface area contributed by atoms with Crippen LogP contribution in [-0.2, 0) is 19.0 Å². The average Bonchev–Trinajstić information content (AvgIpc) is 2.46. The maximum absolute atomic E-state index is 11.7. The molecule has 0 N–H and O–H groups in total. The summed E-state index contributed by atoms with van der Waals surface area (Å²) < 4.78 is 17.4. The summed E-state index contributed by atoms with van der Waals surface area (Å²) in [5, 5.41) is 0. The second kappa shape index (κ2) is 10.5. The van der Waals surface area contributed by atoms with Crippen molar-refractivity contribution in [1.82, 2.24) is 0 Å². The fourth-order valence-electron chi connectivity index (χ4n) is 3.50. The minimum atomic E-state index is -0.507. The molecule has 0 amide bonds. The Balaban J connectivity index is 2.22. The molecule has 26 heavy (non-hydrogen) atoms. The van der Waals surface area contributed by atoms with E-state index >= 15 is 0 Å². The maximum atomic E-state index is 11.7. The minimum Gasteiger partial charge on any atom is -0.460 e. The van der Waals surface area contributed by atoms with Gasteiger partial charge in [0.15, 0.2) is 5.79 Å². The van der Waals surface area contributed by atoms with Crippen molar-refractivity contribution >= 4 is 5.97 Å². The van der Waals surface area contributed by atoms with Crippen molar-refractivity contribution in [3.8, 4) is 0 Å². The molecular weight excluding hydrogens is 328 g/mol. The fourth-order valence-corrected chi connectivity index (χ4v) is 3.50. The first-order valence-corrected chi connectivity index (χ1v) is 10.2. The molecule has 1 aliphatic heterocycles. The van der Waals surface area contributed by atoms with Gasteiger partial charge in [0.25, 0.3) is 0 Å². The topological polar surface area (TPSA) is 44.8 Å². The number of esters is 1. The maximum Gasteiger partial charge on any atom is 0.306 e. The van der Waals surface area contributed by atoms with E-state index in [0.29, 0.717) is 12.3 Å². The first-order valence-electron chi connectivity index (χ1n) is 10.2. The van der Waals surface area contributed by atoms with Crippen LogP contribution in [0, 0.1) is 5.92 Å². The van der Waals surface area contributed by atoms with Gasteiger partial charge in [0.1, 0.15) is 5.60 Å². The van der Waals surface area contributed by atoms with Gasteiger partial charge < -0.3 is 14.2 Å². The van der Waals surface area contributed by atoms with Crippen LogP contribution in [-0.4, -0.2) is 29.6 Å². The molecule has 0 aliphatic carbocycles. The first-order chi connectivity index (χ1) is 12.0. The van der Waals surface area contributed by atoms with Gasteiger partial charge in [-0.1, -0.05) is 25.8 Å². The zero-order chi connectivity index (χ0) is 19.8. The number of carbonyl (C=O) groups is 1. The number of ether oxygens (including phenoxy) is 3. The Morgan fingerprint density at radius 1 is 1.23 bits per heavy atom. The standard InChI is InChI=1S/C22H40O4/c1-8-11-18-16-19(25-22(6,7)24-18)15-14-17(2)12-9-10-13-20(23)26-21(3,4)5/h8,17-19H,1,9-16H2,2-7H3/t17-,18-,19+/m1/s1. The number of unbranched alkanes of at least 4 members (excludes halogenated alkanes) is 1. The van der Waals surface area contributed by atoms with E-state index in [1.807, 2.05) is 40.7 Å². The number of hydrogen-bond donors (Lipinski definition) is 0. The Labute approximate surface area is 160 Å². The number of carbonyl (C=O) groups excluding carboxylic acids is 1. The third kappa shape index (κ3) is 10.3. The molecule has 0 unspecified atom stereocenters. The molecule has 0 aromatic carbocycles. The van der Waals surface area contributed by atoms with Gasteiger partial charge in [0.2, 0.25) is 0 Å². The smallest absolute Gasteiger partial charge is 0.306 e. The normalized spacial score (nSPS) is 24.1. The summed E-state index contributed by atoms with van der Waals surface area (Å²) in [6, 6.07) is 0. The van der Waals surface area contributed by atoms with Gasteiger partial charge in [-0.3, -0.25) is 4.79 Å². The minimum absolute atomic E-state index is 0.0868. The van der Waals surface area contributed by atoms with Gasteiger partial charge in [-0.2, -0.15) is 0 Å². The second-order valence-electron chi connectivity index (χ2n) is 9.15. The molecule has 4 nitrogen and oxygen atoms in total. The van der Waals surface area contributed by atoms with Gasteiger partial charge in [-0.25, -0.2) is 0 Å². The highest BCUT2D eigenvalue weighted by Crippen LogP contribution is 2.31. The highest BCUT2D eigenvalue weighted by Gasteiger charge is 2.34. The van der Waals surface area contributed by atoms with Crippen LogP contribution in [0.4, 0.5) is 0 Å². The van der Waals surface area contributed by atoms with Crippen LogP contribution in [0.15, 0.2) is 12.7 Å². The monoisotopic (exact) mass is 368 g/mol. The van der Waals surface area contributed by atoms with Crippen molar-refractivity contribution < 1.29 is 19.0 Å². The molecule has 1 rings (SSSR count). The fraction of sp³-hybridized carbons (Fsp3) is 0.864. The molecule has 0 radical (unpaired) electrons. The highest BCUT2D eigenvalue weighted by atomic mass is 16.7. The Morgan fingerprint density at radius 2 is 1.88 bits per heavy atom. The molecule has 0 aromatic rings. The molecule has 152 valence electrons. The Kier molecular flexibility index (Phi) is 9.32. The van der Waals surface area contributed by atoms with Gasteiger partial charge in [0.05, 0.1) is 12.2 Å². The Morgan fingerprint density at radius 3 is 2.50 bits per heavy atom. The van der Waals surface area contributed by atoms with Crippen LogP contribution >= 0.6 is 0 Å². The number of rotatable bonds is 10. The quantitative estimate of drug-likeness (QED) is 0.278. The van der Waals surface area contributed by atoms with Crippen molar-refractivity contribution in [2.45, 2.75) is 117 Å². The summed E-state index contributed by atoms with van der Waals surface area (Å²) in [7, 11) is 0. The Hall–Kier alpha value is -0.870. The Bertz CT molecular complexity index is 436. The van der Waals surface area contributed by atoms with Crippen molar-refractivity contribution in [3.63, 3.8) is 0 Å². The second-order valence-corrected chi connectivity index (χ2v) is 9.15. The van der Waals surface area contributed by atoms with Crippen LogP contribution in [0.2, 0.25) is 0 Å². The summed E-state index contributed by atoms with van der Waals surface area (Å²) in [5.74, 6) is 0.0464. The van der Waals surface area contributed by atoms with E-state index in [0.717, 1.165) is 44.9 Å². The lowest BCUT2D eigenvalue weighted by molar-refractivity contribution is -0.299. The van der Waals surface area contributed by atoms with Gasteiger partial charge in [-0.05, 0) is 66.2 Å². The van der Waals surface area contributed by atoms with E-state index < -0.39 is 5.79 Å². The lowest BCUT2D eigenvalue weighted by Gasteiger charge is -2.41. The molecule has 0 spiro atoms. The SMILES string of the molecule is C=CC[C@@H]1C[C@H](CC[C@H](C)CCCCC(=O)OC(C)(C)C)OC(C)(C)O1. The van der Waals surface area contributed by atoms with E-state index in [9.17, 15) is 4.79 Å². The molecule has 3 atom stereocenters. The van der Waals surface area contributed by atoms with E-state index in [4.69, 9.17) is 14.2 Å². The summed E-state index contributed by atoms with van der Waals surface area (Å²) in [4.78, 5) is 11.7. The third-order valence-electron chi connectivity index (χ3n) is 4.59. The molecular formula is C22H40O4. The lowest BCUT2D eigenvalue weighted by atomic mass is 9.94. The third-order valence-corrected chi connectivity index (χ3v) is 4.59. The first kappa shape index (κ1) is 23.2. The van der Waals surface area contributed by atoms with Gasteiger partial charge in [0, 0.05) is 12.8 Å². The van der Waals surface area contributed by atoms with Crippen LogP contribution in [0.25, 0.3) is 0 Å². The van der Waals surface area contributed by atoms with Crippen molar-refractivity contribution in [2.24, 2.45) is 5.92 Å². The van der Waals surface area contributed by atoms with Crippen LogP contribution in [0.1, 0.15) is 92.9 Å². The summed E-state index contributed by atoms with van der Waals surface area (Å²) >= 11 is 0. The van der Waals surface area contributed by atoms with Crippen molar-refractivity contribution in [3.05, 3.63) is 12.7 Å². The molecule has 1 heterocycles. The highest BCUT2D eigenvalue weighted by molar-refractivity contribution is 5.69. The van der Waals surface area contributed by atoms with E-state index in [2.05, 4.69) is 13.5 Å². The molecule has 1 fully saturated rings. The summed E-state index contributed by atoms with van der Waals surface area (Å²) in [6.45, 7) is 15.8. The van der Waals surface area contributed by atoms with Crippen LogP contribution < -0.4 is 0 Å². The molecule has 0 bridgehead atoms. The zero-order valence-electron chi connectivity index (χ0n) is 17.8. The van der Waals surface area contributed by atoms with Crippen LogP contribution in [0.5, 0.6) is 0 Å². The average molecular weight is 369 g/mol. The zero-order valence-corrected chi connectivity index (χ0v) is 17.8. The van der Waals surface area contributed by atoms with Crippen molar-refractivity contribution in [1.29, 1.82) is 0 Å². The summed E-state index contributed by atoms with van der Waals surface area (Å²) in [6.07, 6.45) is 10.1.